The van der Waals surface area contributed by atoms with Crippen molar-refractivity contribution in [3.8, 4) is 0 Å². The second kappa shape index (κ2) is 5.46. The summed E-state index contributed by atoms with van der Waals surface area (Å²) < 4.78 is 0. The lowest BCUT2D eigenvalue weighted by Gasteiger charge is -2.33. The van der Waals surface area contributed by atoms with Gasteiger partial charge < -0.3 is 10.6 Å². The van der Waals surface area contributed by atoms with Crippen LogP contribution in [0.25, 0.3) is 0 Å². The molecule has 7 nitrogen and oxygen atoms in total. The van der Waals surface area contributed by atoms with Gasteiger partial charge >= 0.3 is 0 Å². The van der Waals surface area contributed by atoms with Crippen LogP contribution in [-0.4, -0.2) is 40.2 Å². The van der Waals surface area contributed by atoms with Gasteiger partial charge in [-0.1, -0.05) is 18.5 Å². The normalized spacial score (nSPS) is 18.9. The van der Waals surface area contributed by atoms with E-state index in [9.17, 15) is 14.4 Å². The molecule has 0 radical (unpaired) electrons. The number of anilines is 1. The lowest BCUT2D eigenvalue weighted by molar-refractivity contribution is -0.138. The second-order valence-electron chi connectivity index (χ2n) is 4.38. The van der Waals surface area contributed by atoms with E-state index in [1.165, 1.54) is 17.2 Å². The molecule has 20 heavy (non-hydrogen) atoms. The summed E-state index contributed by atoms with van der Waals surface area (Å²) in [6.45, 7) is 1.55. The first-order chi connectivity index (χ1) is 9.43. The molecule has 3 amide bonds. The number of imide groups is 1. The van der Waals surface area contributed by atoms with E-state index >= 15 is 0 Å². The number of aromatic nitrogens is 1. The predicted molar refractivity (Wildman–Crippen MR) is 71.9 cm³/mol. The third-order valence-corrected chi connectivity index (χ3v) is 3.29. The van der Waals surface area contributed by atoms with E-state index < -0.39 is 23.8 Å². The van der Waals surface area contributed by atoms with Crippen LogP contribution in [0.1, 0.15) is 23.7 Å². The number of carbonyl (C=O) groups is 3. The molecule has 3 N–H and O–H groups in total. The molecule has 2 rings (SSSR count). The molecule has 0 saturated carbocycles. The van der Waals surface area contributed by atoms with Crippen molar-refractivity contribution in [1.82, 2.24) is 15.2 Å². The van der Waals surface area contributed by atoms with Crippen molar-refractivity contribution in [2.24, 2.45) is 0 Å². The summed E-state index contributed by atoms with van der Waals surface area (Å²) in [7, 11) is 0. The van der Waals surface area contributed by atoms with Gasteiger partial charge in [0.2, 0.25) is 11.8 Å². The maximum atomic E-state index is 12.4. The Morgan fingerprint density at radius 2 is 2.30 bits per heavy atom. The van der Waals surface area contributed by atoms with Crippen molar-refractivity contribution in [2.45, 2.75) is 19.4 Å². The van der Waals surface area contributed by atoms with Crippen LogP contribution < -0.4 is 11.1 Å². The molecular weight excluding hydrogens is 284 g/mol. The van der Waals surface area contributed by atoms with Crippen LogP contribution in [0.4, 0.5) is 5.69 Å². The summed E-state index contributed by atoms with van der Waals surface area (Å²) >= 11 is 5.87. The fraction of sp³-hybridized carbons (Fsp3) is 0.333. The van der Waals surface area contributed by atoms with E-state index in [0.717, 1.165) is 0 Å². The van der Waals surface area contributed by atoms with Crippen LogP contribution in [0.3, 0.4) is 0 Å². The van der Waals surface area contributed by atoms with Gasteiger partial charge in [0.1, 0.15) is 17.7 Å². The van der Waals surface area contributed by atoms with Crippen LogP contribution in [-0.2, 0) is 9.59 Å². The van der Waals surface area contributed by atoms with Gasteiger partial charge in [-0.15, -0.1) is 0 Å². The van der Waals surface area contributed by atoms with Gasteiger partial charge in [0.05, 0.1) is 17.4 Å². The molecule has 1 atom stereocenters. The number of hydrogen-bond donors (Lipinski definition) is 2. The first-order valence-electron chi connectivity index (χ1n) is 5.99. The number of nitrogens with two attached hydrogens (primary N) is 1. The number of halogens is 1. The molecule has 0 bridgehead atoms. The number of nitrogens with zero attached hydrogens (tertiary/aromatic N) is 2. The van der Waals surface area contributed by atoms with E-state index in [1.54, 1.807) is 6.92 Å². The smallest absolute Gasteiger partial charge is 0.258 e. The number of piperazine rings is 1. The minimum Gasteiger partial charge on any atom is -0.397 e. The lowest BCUT2D eigenvalue weighted by Crippen LogP contribution is -2.59. The van der Waals surface area contributed by atoms with Crippen LogP contribution in [0.5, 0.6) is 0 Å². The molecular formula is C12H13ClN4O3. The molecule has 1 saturated heterocycles. The van der Waals surface area contributed by atoms with Crippen molar-refractivity contribution in [3.05, 3.63) is 23.0 Å². The third-order valence-electron chi connectivity index (χ3n) is 2.99. The Morgan fingerprint density at radius 3 is 2.95 bits per heavy atom. The first-order valence-corrected chi connectivity index (χ1v) is 6.37. The number of carbonyl (C=O) groups excluding carboxylic acids is 3. The summed E-state index contributed by atoms with van der Waals surface area (Å²) in [6, 6.07) is 0.666. The van der Waals surface area contributed by atoms with Gasteiger partial charge in [0, 0.05) is 0 Å². The Hall–Kier alpha value is -2.15. The number of amides is 3. The number of rotatable bonds is 2. The van der Waals surface area contributed by atoms with Gasteiger partial charge in [-0.05, 0) is 12.5 Å². The maximum absolute atomic E-state index is 12.4. The van der Waals surface area contributed by atoms with Gasteiger partial charge in [0.15, 0.2) is 0 Å². The summed E-state index contributed by atoms with van der Waals surface area (Å²) in [5, 5.41) is 2.18. The molecule has 1 fully saturated rings. The van der Waals surface area contributed by atoms with Crippen LogP contribution in [0.15, 0.2) is 12.3 Å². The van der Waals surface area contributed by atoms with Gasteiger partial charge in [-0.2, -0.15) is 0 Å². The van der Waals surface area contributed by atoms with E-state index in [4.69, 9.17) is 17.3 Å². The van der Waals surface area contributed by atoms with Crippen LogP contribution >= 0.6 is 11.6 Å². The molecule has 8 heteroatoms. The molecule has 0 aromatic carbocycles. The average Bonchev–Trinajstić information content (AvgIpc) is 2.40. The molecule has 0 aliphatic carbocycles. The number of pyridine rings is 1. The minimum atomic E-state index is -0.710. The number of hydrogen-bond acceptors (Lipinski definition) is 5. The Morgan fingerprint density at radius 1 is 1.60 bits per heavy atom. The fourth-order valence-electron chi connectivity index (χ4n) is 2.05. The molecule has 1 aliphatic heterocycles. The highest BCUT2D eigenvalue weighted by molar-refractivity contribution is 6.32. The molecule has 1 aliphatic rings. The van der Waals surface area contributed by atoms with Crippen molar-refractivity contribution in [2.75, 3.05) is 12.3 Å². The number of nitrogen functional groups attached to an aromatic ring is 1. The summed E-state index contributed by atoms with van der Waals surface area (Å²) in [5.74, 6) is -1.56. The Balaban J connectivity index is 2.37. The van der Waals surface area contributed by atoms with Crippen molar-refractivity contribution in [3.63, 3.8) is 0 Å². The summed E-state index contributed by atoms with van der Waals surface area (Å²) in [5.41, 5.74) is 5.93. The molecule has 2 heterocycles. The fourth-order valence-corrected chi connectivity index (χ4v) is 2.24. The zero-order valence-electron chi connectivity index (χ0n) is 10.7. The standard InChI is InChI=1S/C12H13ClN4O3/c1-2-8-11(19)16-9(18)5-17(8)12(20)7-3-6(14)4-15-10(7)13/h3-4,8H,2,5,14H2,1H3,(H,16,18,19). The molecule has 1 aromatic rings. The van der Waals surface area contributed by atoms with E-state index in [-0.39, 0.29) is 22.9 Å². The minimum absolute atomic E-state index is 0.0162. The Labute approximate surface area is 120 Å². The van der Waals surface area contributed by atoms with Gasteiger partial charge in [-0.3, -0.25) is 19.7 Å². The highest BCUT2D eigenvalue weighted by Gasteiger charge is 2.36. The average molecular weight is 297 g/mol. The van der Waals surface area contributed by atoms with E-state index in [0.29, 0.717) is 6.42 Å². The number of nitrogens with one attached hydrogen (secondary N) is 1. The summed E-state index contributed by atoms with van der Waals surface area (Å²) in [4.78, 5) is 40.6. The lowest BCUT2D eigenvalue weighted by atomic mass is 10.1. The summed E-state index contributed by atoms with van der Waals surface area (Å²) in [6.07, 6.45) is 1.71. The monoisotopic (exact) mass is 296 g/mol. The van der Waals surface area contributed by atoms with Crippen LogP contribution in [0, 0.1) is 0 Å². The van der Waals surface area contributed by atoms with Gasteiger partial charge in [0.25, 0.3) is 5.91 Å². The highest BCUT2D eigenvalue weighted by atomic mass is 35.5. The van der Waals surface area contributed by atoms with Crippen molar-refractivity contribution >= 4 is 35.0 Å². The first kappa shape index (κ1) is 14.3. The van der Waals surface area contributed by atoms with Gasteiger partial charge in [-0.25, -0.2) is 4.98 Å². The Kier molecular flexibility index (Phi) is 3.89. The van der Waals surface area contributed by atoms with Crippen LogP contribution in [0.2, 0.25) is 5.15 Å². The SMILES string of the molecule is CCC1C(=O)NC(=O)CN1C(=O)c1cc(N)cnc1Cl. The molecule has 0 spiro atoms. The molecule has 106 valence electrons. The van der Waals surface area contributed by atoms with Crippen molar-refractivity contribution in [1.29, 1.82) is 0 Å². The zero-order valence-corrected chi connectivity index (χ0v) is 11.5. The maximum Gasteiger partial charge on any atom is 0.258 e. The zero-order chi connectivity index (χ0) is 14.9. The predicted octanol–water partition coefficient (Wildman–Crippen LogP) is 0.194. The van der Waals surface area contributed by atoms with E-state index in [2.05, 4.69) is 10.3 Å². The van der Waals surface area contributed by atoms with E-state index in [1.807, 2.05) is 0 Å². The highest BCUT2D eigenvalue weighted by Crippen LogP contribution is 2.20. The van der Waals surface area contributed by atoms with Crippen molar-refractivity contribution < 1.29 is 14.4 Å². The third kappa shape index (κ3) is 2.57. The Bertz CT molecular complexity index is 590. The molecule has 1 aromatic heterocycles. The quantitative estimate of drug-likeness (QED) is 0.599. The topological polar surface area (TPSA) is 105 Å². The largest absolute Gasteiger partial charge is 0.397 e. The molecule has 1 unspecified atom stereocenters. The second-order valence-corrected chi connectivity index (χ2v) is 4.73.